The van der Waals surface area contributed by atoms with Gasteiger partial charge in [0.25, 0.3) is 0 Å². The van der Waals surface area contributed by atoms with E-state index in [1.807, 2.05) is 31.2 Å². The third-order valence-electron chi connectivity index (χ3n) is 6.29. The van der Waals surface area contributed by atoms with Gasteiger partial charge in [0.1, 0.15) is 18.1 Å². The minimum Gasteiger partial charge on any atom is -0.480 e. The van der Waals surface area contributed by atoms with Crippen LogP contribution in [0.3, 0.4) is 0 Å². The number of nitrogens with one attached hydrogen (secondary N) is 4. The highest BCUT2D eigenvalue weighted by Gasteiger charge is 2.31. The van der Waals surface area contributed by atoms with Crippen LogP contribution in [0.2, 0.25) is 0 Å². The van der Waals surface area contributed by atoms with Gasteiger partial charge in [-0.2, -0.15) is 0 Å². The second kappa shape index (κ2) is 14.2. The van der Waals surface area contributed by atoms with Gasteiger partial charge in [0, 0.05) is 23.5 Å². The molecule has 3 amide bonds. The largest absolute Gasteiger partial charge is 0.480 e. The zero-order valence-electron chi connectivity index (χ0n) is 20.9. The molecular weight excluding hydrogens is 464 g/mol. The Labute approximate surface area is 210 Å². The monoisotopic (exact) mass is 502 g/mol. The van der Waals surface area contributed by atoms with Crippen molar-refractivity contribution in [3.8, 4) is 0 Å². The van der Waals surface area contributed by atoms with E-state index in [1.54, 1.807) is 13.1 Å². The first kappa shape index (κ1) is 28.8. The molecule has 0 fully saturated rings. The van der Waals surface area contributed by atoms with Crippen LogP contribution in [0, 0.1) is 5.92 Å². The molecule has 4 atom stereocenters. The predicted molar refractivity (Wildman–Crippen MR) is 137 cm³/mol. The highest BCUT2D eigenvalue weighted by Crippen LogP contribution is 2.19. The first-order chi connectivity index (χ1) is 17.2. The molecule has 0 aliphatic carbocycles. The van der Waals surface area contributed by atoms with Gasteiger partial charge in [-0.3, -0.25) is 14.4 Å². The number of carbonyl (C=O) groups is 4. The molecular formula is C25H38N6O5. The van der Waals surface area contributed by atoms with Gasteiger partial charge in [-0.1, -0.05) is 38.5 Å². The lowest BCUT2D eigenvalue weighted by Gasteiger charge is -2.26. The number of unbranched alkanes of at least 4 members (excludes halogenated alkanes) is 1. The highest BCUT2D eigenvalue weighted by molar-refractivity contribution is 5.94. The molecule has 1 heterocycles. The van der Waals surface area contributed by atoms with Crippen molar-refractivity contribution in [2.45, 2.75) is 64.1 Å². The maximum atomic E-state index is 13.3. The van der Waals surface area contributed by atoms with Crippen molar-refractivity contribution >= 4 is 34.6 Å². The van der Waals surface area contributed by atoms with Crippen LogP contribution in [0.4, 0.5) is 0 Å². The number of hydrogen-bond donors (Lipinski definition) is 7. The second-order valence-electron chi connectivity index (χ2n) is 8.94. The molecule has 0 aliphatic heterocycles. The number of carbonyl (C=O) groups excluding carboxylic acids is 3. The second-order valence-corrected chi connectivity index (χ2v) is 8.94. The summed E-state index contributed by atoms with van der Waals surface area (Å²) in [7, 11) is 0. The Morgan fingerprint density at radius 1 is 1.00 bits per heavy atom. The molecule has 4 unspecified atom stereocenters. The number of fused-ring (bicyclic) bond motifs is 1. The average Bonchev–Trinajstić information content (AvgIpc) is 3.28. The average molecular weight is 503 g/mol. The summed E-state index contributed by atoms with van der Waals surface area (Å²) >= 11 is 0. The Morgan fingerprint density at radius 3 is 2.33 bits per heavy atom. The van der Waals surface area contributed by atoms with Crippen molar-refractivity contribution in [1.82, 2.24) is 20.9 Å². The van der Waals surface area contributed by atoms with Crippen LogP contribution in [0.25, 0.3) is 10.9 Å². The molecule has 11 heteroatoms. The van der Waals surface area contributed by atoms with E-state index in [2.05, 4.69) is 20.9 Å². The van der Waals surface area contributed by atoms with E-state index >= 15 is 0 Å². The standard InChI is InChI=1S/C25H38N6O5/c1-3-15(2)22(25(35)36)31-23(33)19(10-6-7-11-26)30-24(34)20(29-21(32)13-27)12-16-14-28-18-9-5-4-8-17(16)18/h4-5,8-9,14-15,19-20,22,28H,3,6-7,10-13,26-27H2,1-2H3,(H,29,32)(H,30,34)(H,31,33)(H,35,36). The molecule has 0 bridgehead atoms. The fourth-order valence-electron chi connectivity index (χ4n) is 3.95. The SMILES string of the molecule is CCC(C)C(NC(=O)C(CCCCN)NC(=O)C(Cc1c[nH]c2ccccc12)NC(=O)CN)C(=O)O. The van der Waals surface area contributed by atoms with Gasteiger partial charge >= 0.3 is 5.97 Å². The van der Waals surface area contributed by atoms with E-state index < -0.39 is 41.8 Å². The number of aromatic amines is 1. The van der Waals surface area contributed by atoms with Crippen molar-refractivity contribution in [2.75, 3.05) is 13.1 Å². The zero-order valence-corrected chi connectivity index (χ0v) is 20.9. The lowest BCUT2D eigenvalue weighted by atomic mass is 9.98. The van der Waals surface area contributed by atoms with E-state index in [0.717, 1.165) is 16.5 Å². The van der Waals surface area contributed by atoms with Crippen molar-refractivity contribution in [1.29, 1.82) is 0 Å². The smallest absolute Gasteiger partial charge is 0.326 e. The number of aliphatic carboxylic acids is 1. The Kier molecular flexibility index (Phi) is 11.4. The van der Waals surface area contributed by atoms with Crippen LogP contribution in [0.1, 0.15) is 45.1 Å². The van der Waals surface area contributed by atoms with Gasteiger partial charge in [-0.05, 0) is 43.4 Å². The number of benzene rings is 1. The third-order valence-corrected chi connectivity index (χ3v) is 6.29. The van der Waals surface area contributed by atoms with Crippen LogP contribution >= 0.6 is 0 Å². The first-order valence-corrected chi connectivity index (χ1v) is 12.3. The Bertz CT molecular complexity index is 1040. The van der Waals surface area contributed by atoms with Crippen molar-refractivity contribution in [3.63, 3.8) is 0 Å². The maximum Gasteiger partial charge on any atom is 0.326 e. The summed E-state index contributed by atoms with van der Waals surface area (Å²) in [6.45, 7) is 3.69. The molecule has 0 radical (unpaired) electrons. The van der Waals surface area contributed by atoms with Gasteiger partial charge in [-0.25, -0.2) is 4.79 Å². The molecule has 0 saturated heterocycles. The predicted octanol–water partition coefficient (Wildman–Crippen LogP) is 0.383. The molecule has 1 aromatic heterocycles. The van der Waals surface area contributed by atoms with E-state index in [9.17, 15) is 24.3 Å². The van der Waals surface area contributed by atoms with Crippen molar-refractivity contribution in [2.24, 2.45) is 17.4 Å². The quantitative estimate of drug-likeness (QED) is 0.171. The molecule has 0 aliphatic rings. The molecule has 9 N–H and O–H groups in total. The number of para-hydroxylation sites is 1. The summed E-state index contributed by atoms with van der Waals surface area (Å²) in [5.41, 5.74) is 12.7. The lowest BCUT2D eigenvalue weighted by molar-refractivity contribution is -0.143. The van der Waals surface area contributed by atoms with Gasteiger partial charge in [0.05, 0.1) is 6.54 Å². The minimum atomic E-state index is -1.14. The van der Waals surface area contributed by atoms with E-state index in [0.29, 0.717) is 25.8 Å². The third kappa shape index (κ3) is 8.06. The summed E-state index contributed by atoms with van der Waals surface area (Å²) in [4.78, 5) is 53.3. The maximum absolute atomic E-state index is 13.3. The molecule has 11 nitrogen and oxygen atoms in total. The normalized spacial score (nSPS) is 14.4. The topological polar surface area (TPSA) is 192 Å². The van der Waals surface area contributed by atoms with E-state index in [-0.39, 0.29) is 25.3 Å². The molecule has 2 aromatic rings. The van der Waals surface area contributed by atoms with Crippen LogP contribution in [-0.4, -0.2) is 65.0 Å². The molecule has 198 valence electrons. The number of carboxylic acid groups (broad SMARTS) is 1. The number of aromatic nitrogens is 1. The first-order valence-electron chi connectivity index (χ1n) is 12.3. The fourth-order valence-corrected chi connectivity index (χ4v) is 3.95. The summed E-state index contributed by atoms with van der Waals surface area (Å²) in [5, 5.41) is 18.4. The zero-order chi connectivity index (χ0) is 26.7. The number of nitrogens with two attached hydrogens (primary N) is 2. The molecule has 0 saturated carbocycles. The number of amides is 3. The number of hydrogen-bond acceptors (Lipinski definition) is 6. The van der Waals surface area contributed by atoms with Crippen molar-refractivity contribution < 1.29 is 24.3 Å². The number of H-pyrrole nitrogens is 1. The van der Waals surface area contributed by atoms with Crippen molar-refractivity contribution in [3.05, 3.63) is 36.0 Å². The molecule has 0 spiro atoms. The minimum absolute atomic E-state index is 0.170. The fraction of sp³-hybridized carbons (Fsp3) is 0.520. The molecule has 36 heavy (non-hydrogen) atoms. The Hall–Kier alpha value is -3.44. The van der Waals surface area contributed by atoms with Crippen LogP contribution in [0.15, 0.2) is 30.5 Å². The van der Waals surface area contributed by atoms with Crippen LogP contribution in [-0.2, 0) is 25.6 Å². The summed E-state index contributed by atoms with van der Waals surface area (Å²) in [6.07, 6.45) is 3.96. The van der Waals surface area contributed by atoms with Crippen LogP contribution < -0.4 is 27.4 Å². The molecule has 2 rings (SSSR count). The Morgan fingerprint density at radius 2 is 1.69 bits per heavy atom. The summed E-state index contributed by atoms with van der Waals surface area (Å²) in [6, 6.07) is 4.50. The highest BCUT2D eigenvalue weighted by atomic mass is 16.4. The van der Waals surface area contributed by atoms with E-state index in [4.69, 9.17) is 11.5 Å². The van der Waals surface area contributed by atoms with E-state index in [1.165, 1.54) is 0 Å². The Balaban J connectivity index is 2.24. The van der Waals surface area contributed by atoms with Gasteiger partial charge in [0.15, 0.2) is 0 Å². The van der Waals surface area contributed by atoms with Crippen LogP contribution in [0.5, 0.6) is 0 Å². The van der Waals surface area contributed by atoms with Gasteiger partial charge in [0.2, 0.25) is 17.7 Å². The lowest BCUT2D eigenvalue weighted by Crippen LogP contribution is -2.57. The van der Waals surface area contributed by atoms with Gasteiger partial charge in [-0.15, -0.1) is 0 Å². The molecule has 1 aromatic carbocycles. The summed E-state index contributed by atoms with van der Waals surface area (Å²) in [5.74, 6) is -3.11. The van der Waals surface area contributed by atoms with Gasteiger partial charge < -0.3 is 37.5 Å². The summed E-state index contributed by atoms with van der Waals surface area (Å²) < 4.78 is 0. The number of carboxylic acids is 1. The number of rotatable bonds is 15.